The third-order valence-corrected chi connectivity index (χ3v) is 4.83. The van der Waals surface area contributed by atoms with Gasteiger partial charge in [-0.1, -0.05) is 11.6 Å². The summed E-state index contributed by atoms with van der Waals surface area (Å²) in [5.41, 5.74) is 6.70. The fraction of sp³-hybridized carbons (Fsp3) is 0.214. The third-order valence-electron chi connectivity index (χ3n) is 2.89. The monoisotopic (exact) mass is 372 g/mol. The number of thiophene rings is 1. The fourth-order valence-corrected chi connectivity index (χ4v) is 3.47. The molecule has 2 N–H and O–H groups in total. The lowest BCUT2D eigenvalue weighted by atomic mass is 10.1. The van der Waals surface area contributed by atoms with E-state index >= 15 is 0 Å². The van der Waals surface area contributed by atoms with E-state index in [0.717, 1.165) is 8.66 Å². The van der Waals surface area contributed by atoms with Crippen molar-refractivity contribution in [3.63, 3.8) is 0 Å². The van der Waals surface area contributed by atoms with Crippen molar-refractivity contribution in [1.29, 1.82) is 0 Å². The van der Waals surface area contributed by atoms with Crippen LogP contribution in [0.1, 0.15) is 22.2 Å². The minimum Gasteiger partial charge on any atom is -0.398 e. The predicted octanol–water partition coefficient (Wildman–Crippen LogP) is 4.41. The van der Waals surface area contributed by atoms with Gasteiger partial charge in [-0.15, -0.1) is 11.3 Å². The highest BCUT2D eigenvalue weighted by atomic mass is 79.9. The summed E-state index contributed by atoms with van der Waals surface area (Å²) in [4.78, 5) is 15.4. The SMILES string of the molecule is CCN(Cc1ccc(Br)s1)C(=O)c1ccc(N)c(Cl)c1. The van der Waals surface area contributed by atoms with Crippen LogP contribution in [0.3, 0.4) is 0 Å². The van der Waals surface area contributed by atoms with Gasteiger partial charge in [-0.3, -0.25) is 4.79 Å². The first-order chi connectivity index (χ1) is 9.51. The van der Waals surface area contributed by atoms with Crippen LogP contribution in [0.5, 0.6) is 0 Å². The predicted molar refractivity (Wildman–Crippen MR) is 88.3 cm³/mol. The lowest BCUT2D eigenvalue weighted by Gasteiger charge is -2.20. The number of carbonyl (C=O) groups is 1. The lowest BCUT2D eigenvalue weighted by molar-refractivity contribution is 0.0754. The van der Waals surface area contributed by atoms with E-state index in [1.165, 1.54) is 0 Å². The van der Waals surface area contributed by atoms with Crippen molar-refractivity contribution in [2.75, 3.05) is 12.3 Å². The van der Waals surface area contributed by atoms with Crippen LogP contribution >= 0.6 is 38.9 Å². The van der Waals surface area contributed by atoms with Crippen molar-refractivity contribution in [3.05, 3.63) is 49.6 Å². The van der Waals surface area contributed by atoms with Crippen molar-refractivity contribution in [1.82, 2.24) is 4.90 Å². The maximum Gasteiger partial charge on any atom is 0.254 e. The Morgan fingerprint density at radius 3 is 2.70 bits per heavy atom. The number of halogens is 2. The van der Waals surface area contributed by atoms with Crippen LogP contribution in [0.15, 0.2) is 34.1 Å². The van der Waals surface area contributed by atoms with Crippen LogP contribution < -0.4 is 5.73 Å². The van der Waals surface area contributed by atoms with Gasteiger partial charge in [0.05, 0.1) is 21.0 Å². The second kappa shape index (κ2) is 6.61. The van der Waals surface area contributed by atoms with Crippen LogP contribution in [-0.2, 0) is 6.54 Å². The molecule has 0 fully saturated rings. The topological polar surface area (TPSA) is 46.3 Å². The molecule has 1 aromatic heterocycles. The summed E-state index contributed by atoms with van der Waals surface area (Å²) < 4.78 is 1.06. The Kier molecular flexibility index (Phi) is 5.07. The molecule has 2 aromatic rings. The van der Waals surface area contributed by atoms with E-state index in [2.05, 4.69) is 15.9 Å². The van der Waals surface area contributed by atoms with Crippen molar-refractivity contribution in [2.45, 2.75) is 13.5 Å². The van der Waals surface area contributed by atoms with Crippen LogP contribution in [0, 0.1) is 0 Å². The largest absolute Gasteiger partial charge is 0.398 e. The van der Waals surface area contributed by atoms with E-state index in [-0.39, 0.29) is 5.91 Å². The Morgan fingerprint density at radius 2 is 2.15 bits per heavy atom. The molecule has 3 nitrogen and oxygen atoms in total. The van der Waals surface area contributed by atoms with Crippen molar-refractivity contribution in [3.8, 4) is 0 Å². The number of anilines is 1. The first-order valence-electron chi connectivity index (χ1n) is 6.09. The second-order valence-electron chi connectivity index (χ2n) is 4.26. The van der Waals surface area contributed by atoms with Gasteiger partial charge in [0.15, 0.2) is 0 Å². The standard InChI is InChI=1S/C14H14BrClN2OS/c1-2-18(8-10-4-6-13(15)20-10)14(19)9-3-5-12(17)11(16)7-9/h3-7H,2,8,17H2,1H3. The first kappa shape index (κ1) is 15.4. The van der Waals surface area contributed by atoms with E-state index in [4.69, 9.17) is 17.3 Å². The molecule has 0 bridgehead atoms. The van der Waals surface area contributed by atoms with E-state index in [0.29, 0.717) is 29.4 Å². The molecule has 0 saturated heterocycles. The number of benzene rings is 1. The lowest BCUT2D eigenvalue weighted by Crippen LogP contribution is -2.30. The van der Waals surface area contributed by atoms with Crippen molar-refractivity contribution >= 4 is 50.5 Å². The number of nitrogen functional groups attached to an aromatic ring is 1. The van der Waals surface area contributed by atoms with Crippen LogP contribution in [0.25, 0.3) is 0 Å². The summed E-state index contributed by atoms with van der Waals surface area (Å²) in [6, 6.07) is 8.98. The van der Waals surface area contributed by atoms with Crippen LogP contribution in [0.4, 0.5) is 5.69 Å². The smallest absolute Gasteiger partial charge is 0.254 e. The maximum atomic E-state index is 12.5. The van der Waals surface area contributed by atoms with Gasteiger partial charge in [-0.2, -0.15) is 0 Å². The molecule has 0 aliphatic heterocycles. The highest BCUT2D eigenvalue weighted by Gasteiger charge is 2.16. The molecule has 0 atom stereocenters. The Morgan fingerprint density at radius 1 is 1.40 bits per heavy atom. The highest BCUT2D eigenvalue weighted by molar-refractivity contribution is 9.11. The Bertz CT molecular complexity index is 629. The van der Waals surface area contributed by atoms with Gasteiger partial charge in [0.25, 0.3) is 5.91 Å². The molecular formula is C14H14BrClN2OS. The van der Waals surface area contributed by atoms with E-state index in [1.54, 1.807) is 34.4 Å². The third kappa shape index (κ3) is 3.53. The number of rotatable bonds is 4. The summed E-state index contributed by atoms with van der Waals surface area (Å²) in [5, 5.41) is 0.408. The number of amides is 1. The number of nitrogens with two attached hydrogens (primary N) is 1. The molecule has 6 heteroatoms. The fourth-order valence-electron chi connectivity index (χ4n) is 1.79. The summed E-state index contributed by atoms with van der Waals surface area (Å²) in [6.07, 6.45) is 0. The molecule has 1 heterocycles. The van der Waals surface area contributed by atoms with Crippen molar-refractivity contribution < 1.29 is 4.79 Å². The van der Waals surface area contributed by atoms with Crippen LogP contribution in [0.2, 0.25) is 5.02 Å². The molecule has 2 rings (SSSR count). The number of hydrogen-bond donors (Lipinski definition) is 1. The summed E-state index contributed by atoms with van der Waals surface area (Å²) in [5.74, 6) is -0.0427. The molecule has 1 aromatic carbocycles. The van der Waals surface area contributed by atoms with Gasteiger partial charge in [-0.05, 0) is 53.2 Å². The Balaban J connectivity index is 2.18. The minimum absolute atomic E-state index is 0.0427. The quantitative estimate of drug-likeness (QED) is 0.807. The van der Waals surface area contributed by atoms with Gasteiger partial charge in [0, 0.05) is 17.0 Å². The molecule has 1 amide bonds. The normalized spacial score (nSPS) is 10.6. The zero-order valence-corrected chi connectivity index (χ0v) is 14.1. The average molecular weight is 374 g/mol. The zero-order valence-electron chi connectivity index (χ0n) is 10.9. The van der Waals surface area contributed by atoms with Gasteiger partial charge >= 0.3 is 0 Å². The Labute approximate surface area is 135 Å². The van der Waals surface area contributed by atoms with Gasteiger partial charge in [-0.25, -0.2) is 0 Å². The second-order valence-corrected chi connectivity index (χ2v) is 7.22. The molecule has 0 saturated carbocycles. The van der Waals surface area contributed by atoms with Gasteiger partial charge < -0.3 is 10.6 Å². The van der Waals surface area contributed by atoms with Crippen LogP contribution in [-0.4, -0.2) is 17.4 Å². The molecule has 0 aliphatic rings. The zero-order chi connectivity index (χ0) is 14.7. The molecule has 20 heavy (non-hydrogen) atoms. The molecule has 106 valence electrons. The van der Waals surface area contributed by atoms with Crippen molar-refractivity contribution in [2.24, 2.45) is 0 Å². The molecular weight excluding hydrogens is 360 g/mol. The number of nitrogens with zero attached hydrogens (tertiary/aromatic N) is 1. The first-order valence-corrected chi connectivity index (χ1v) is 8.08. The average Bonchev–Trinajstić information content (AvgIpc) is 2.84. The number of carbonyl (C=O) groups excluding carboxylic acids is 1. The van der Waals surface area contributed by atoms with E-state index in [9.17, 15) is 4.79 Å². The minimum atomic E-state index is -0.0427. The highest BCUT2D eigenvalue weighted by Crippen LogP contribution is 2.25. The molecule has 0 aliphatic carbocycles. The number of hydrogen-bond acceptors (Lipinski definition) is 3. The molecule has 0 unspecified atom stereocenters. The summed E-state index contributed by atoms with van der Waals surface area (Å²) >= 11 is 11.0. The molecule has 0 spiro atoms. The maximum absolute atomic E-state index is 12.5. The summed E-state index contributed by atoms with van der Waals surface area (Å²) in [6.45, 7) is 3.18. The Hall–Kier alpha value is -1.04. The summed E-state index contributed by atoms with van der Waals surface area (Å²) in [7, 11) is 0. The van der Waals surface area contributed by atoms with Gasteiger partial charge in [0.2, 0.25) is 0 Å². The van der Waals surface area contributed by atoms with Gasteiger partial charge in [0.1, 0.15) is 0 Å². The van der Waals surface area contributed by atoms with E-state index < -0.39 is 0 Å². The van der Waals surface area contributed by atoms with E-state index in [1.807, 2.05) is 19.1 Å². The molecule has 0 radical (unpaired) electrons.